The van der Waals surface area contributed by atoms with Crippen LogP contribution < -0.4 is 10.6 Å². The van der Waals surface area contributed by atoms with Crippen LogP contribution in [0.4, 0.5) is 11.6 Å². The van der Waals surface area contributed by atoms with Crippen LogP contribution in [0.15, 0.2) is 42.9 Å². The normalized spacial score (nSPS) is 15.7. The first kappa shape index (κ1) is 22.8. The van der Waals surface area contributed by atoms with Gasteiger partial charge >= 0.3 is 0 Å². The quantitative estimate of drug-likeness (QED) is 0.447. The Hall–Kier alpha value is -3.39. The predicted molar refractivity (Wildman–Crippen MR) is 134 cm³/mol. The fourth-order valence-corrected chi connectivity index (χ4v) is 3.93. The molecule has 0 bridgehead atoms. The lowest BCUT2D eigenvalue weighted by molar-refractivity contribution is 0.219. The van der Waals surface area contributed by atoms with Gasteiger partial charge in [-0.05, 0) is 74.6 Å². The number of fused-ring (bicyclic) bond motifs is 1. The van der Waals surface area contributed by atoms with E-state index in [0.717, 1.165) is 47.4 Å². The molecular weight excluding hydrogens is 412 g/mol. The van der Waals surface area contributed by atoms with Crippen LogP contribution in [0.5, 0.6) is 0 Å². The standard InChI is InChI=1S/C25H32N8/c1-17(2)19-11-25(32-29-16-19)31-24-5-4-22-23(30-24)10-20(15-28-22)21(12-26)14-27-13-18-6-8-33(3)9-7-18/h4-5,10-12,14-18,26-27H,6-9,13H2,1-3H3,(H,30,31,32)/b21-14+,26-12?. The van der Waals surface area contributed by atoms with Crippen LogP contribution in [0.3, 0.4) is 0 Å². The van der Waals surface area contributed by atoms with Crippen molar-refractivity contribution in [3.8, 4) is 0 Å². The summed E-state index contributed by atoms with van der Waals surface area (Å²) in [6.45, 7) is 7.47. The molecular formula is C25H32N8. The highest BCUT2D eigenvalue weighted by Gasteiger charge is 2.15. The lowest BCUT2D eigenvalue weighted by Gasteiger charge is -2.28. The van der Waals surface area contributed by atoms with Gasteiger partial charge in [0.1, 0.15) is 5.82 Å². The van der Waals surface area contributed by atoms with Crippen LogP contribution >= 0.6 is 0 Å². The van der Waals surface area contributed by atoms with Crippen molar-refractivity contribution in [3.63, 3.8) is 0 Å². The minimum Gasteiger partial charge on any atom is -0.390 e. The van der Waals surface area contributed by atoms with Crippen LogP contribution in [-0.4, -0.2) is 58.0 Å². The van der Waals surface area contributed by atoms with E-state index >= 15 is 0 Å². The Morgan fingerprint density at radius 2 is 1.97 bits per heavy atom. The summed E-state index contributed by atoms with van der Waals surface area (Å²) in [5, 5.41) is 22.8. The maximum Gasteiger partial charge on any atom is 0.154 e. The minimum absolute atomic E-state index is 0.372. The molecule has 1 aliphatic rings. The number of likely N-dealkylation sites (tertiary alicyclic amines) is 1. The Kier molecular flexibility index (Phi) is 7.24. The summed E-state index contributed by atoms with van der Waals surface area (Å²) in [6.07, 6.45) is 9.27. The van der Waals surface area contributed by atoms with Gasteiger partial charge in [-0.25, -0.2) is 4.98 Å². The number of piperidine rings is 1. The van der Waals surface area contributed by atoms with Crippen LogP contribution in [0.25, 0.3) is 16.6 Å². The molecule has 1 saturated heterocycles. The molecule has 0 spiro atoms. The molecule has 1 fully saturated rings. The SMILES string of the molecule is CC(C)c1cnnc(Nc2ccc3ncc(/C(C=N)=C/NCC4CCN(C)CC4)cc3n2)c1. The van der Waals surface area contributed by atoms with E-state index in [1.54, 1.807) is 12.4 Å². The third kappa shape index (κ3) is 5.90. The summed E-state index contributed by atoms with van der Waals surface area (Å²) in [4.78, 5) is 11.6. The van der Waals surface area contributed by atoms with E-state index in [9.17, 15) is 0 Å². The highest BCUT2D eigenvalue weighted by Crippen LogP contribution is 2.22. The molecule has 0 amide bonds. The molecule has 0 radical (unpaired) electrons. The second kappa shape index (κ2) is 10.5. The smallest absolute Gasteiger partial charge is 0.154 e. The molecule has 4 rings (SSSR count). The third-order valence-electron chi connectivity index (χ3n) is 6.13. The summed E-state index contributed by atoms with van der Waals surface area (Å²) in [5.74, 6) is 2.39. The zero-order chi connectivity index (χ0) is 23.2. The zero-order valence-electron chi connectivity index (χ0n) is 19.5. The third-order valence-corrected chi connectivity index (χ3v) is 6.13. The second-order valence-electron chi connectivity index (χ2n) is 9.01. The fraction of sp³-hybridized carbons (Fsp3) is 0.400. The molecule has 3 aromatic rings. The van der Waals surface area contributed by atoms with E-state index in [4.69, 9.17) is 10.4 Å². The van der Waals surface area contributed by atoms with Crippen LogP contribution in [0, 0.1) is 11.3 Å². The van der Waals surface area contributed by atoms with E-state index in [1.807, 2.05) is 30.5 Å². The van der Waals surface area contributed by atoms with E-state index in [-0.39, 0.29) is 0 Å². The number of allylic oxidation sites excluding steroid dienone is 1. The van der Waals surface area contributed by atoms with E-state index in [2.05, 4.69) is 51.6 Å². The molecule has 0 unspecified atom stereocenters. The Balaban J connectivity index is 1.48. The molecule has 172 valence electrons. The number of pyridine rings is 2. The van der Waals surface area contributed by atoms with Crippen molar-refractivity contribution in [2.45, 2.75) is 32.6 Å². The predicted octanol–water partition coefficient (Wildman–Crippen LogP) is 4.21. The number of nitrogens with one attached hydrogen (secondary N) is 3. The Labute approximate surface area is 195 Å². The summed E-state index contributed by atoms with van der Waals surface area (Å²) >= 11 is 0. The first-order valence-corrected chi connectivity index (χ1v) is 11.5. The number of anilines is 2. The van der Waals surface area contributed by atoms with E-state index < -0.39 is 0 Å². The first-order chi connectivity index (χ1) is 16.0. The average Bonchev–Trinajstić information content (AvgIpc) is 2.83. The molecule has 3 N–H and O–H groups in total. The molecule has 0 atom stereocenters. The molecule has 0 saturated carbocycles. The van der Waals surface area contributed by atoms with Gasteiger partial charge in [0.2, 0.25) is 0 Å². The maximum atomic E-state index is 7.88. The van der Waals surface area contributed by atoms with Gasteiger partial charge < -0.3 is 20.9 Å². The molecule has 8 heteroatoms. The van der Waals surface area contributed by atoms with Crippen molar-refractivity contribution < 1.29 is 0 Å². The highest BCUT2D eigenvalue weighted by molar-refractivity contribution is 6.08. The average molecular weight is 445 g/mol. The molecule has 33 heavy (non-hydrogen) atoms. The van der Waals surface area contributed by atoms with Gasteiger partial charge in [-0.1, -0.05) is 13.8 Å². The number of hydrogen-bond donors (Lipinski definition) is 3. The van der Waals surface area contributed by atoms with Crippen molar-refractivity contribution in [2.24, 2.45) is 5.92 Å². The van der Waals surface area contributed by atoms with Gasteiger partial charge in [-0.2, -0.15) is 5.10 Å². The number of rotatable bonds is 8. The van der Waals surface area contributed by atoms with Gasteiger partial charge in [0.05, 0.1) is 17.2 Å². The molecule has 0 aromatic carbocycles. The largest absolute Gasteiger partial charge is 0.390 e. The van der Waals surface area contributed by atoms with Crippen LogP contribution in [0.1, 0.15) is 43.7 Å². The van der Waals surface area contributed by atoms with Crippen molar-refractivity contribution in [1.82, 2.24) is 30.4 Å². The minimum atomic E-state index is 0.372. The Morgan fingerprint density at radius 3 is 2.73 bits per heavy atom. The Morgan fingerprint density at radius 1 is 1.15 bits per heavy atom. The van der Waals surface area contributed by atoms with Gasteiger partial charge in [-0.15, -0.1) is 5.10 Å². The topological polar surface area (TPSA) is 103 Å². The highest BCUT2D eigenvalue weighted by atomic mass is 15.2. The summed E-state index contributed by atoms with van der Waals surface area (Å²) < 4.78 is 0. The van der Waals surface area contributed by atoms with Gasteiger partial charge in [-0.3, -0.25) is 4.98 Å². The summed E-state index contributed by atoms with van der Waals surface area (Å²) in [5.41, 5.74) is 4.32. The molecule has 0 aliphatic carbocycles. The number of hydrogen-bond acceptors (Lipinski definition) is 8. The van der Waals surface area contributed by atoms with E-state index in [1.165, 1.54) is 19.1 Å². The maximum absolute atomic E-state index is 7.88. The van der Waals surface area contributed by atoms with Crippen LogP contribution in [0.2, 0.25) is 0 Å². The summed E-state index contributed by atoms with van der Waals surface area (Å²) in [6, 6.07) is 7.78. The fourth-order valence-electron chi connectivity index (χ4n) is 3.93. The summed E-state index contributed by atoms with van der Waals surface area (Å²) in [7, 11) is 2.18. The van der Waals surface area contributed by atoms with Crippen molar-refractivity contribution in [1.29, 1.82) is 5.41 Å². The lowest BCUT2D eigenvalue weighted by atomic mass is 9.97. The Bertz CT molecular complexity index is 1130. The zero-order valence-corrected chi connectivity index (χ0v) is 19.5. The second-order valence-corrected chi connectivity index (χ2v) is 9.01. The van der Waals surface area contributed by atoms with Crippen molar-refractivity contribution in [3.05, 3.63) is 54.0 Å². The van der Waals surface area contributed by atoms with Gasteiger partial charge in [0, 0.05) is 36.3 Å². The van der Waals surface area contributed by atoms with E-state index in [0.29, 0.717) is 23.5 Å². The van der Waals surface area contributed by atoms with Gasteiger partial charge in [0.15, 0.2) is 5.82 Å². The first-order valence-electron chi connectivity index (χ1n) is 11.5. The van der Waals surface area contributed by atoms with Crippen LogP contribution in [-0.2, 0) is 0 Å². The molecule has 3 aromatic heterocycles. The van der Waals surface area contributed by atoms with Crippen molar-refractivity contribution in [2.75, 3.05) is 32.0 Å². The van der Waals surface area contributed by atoms with Crippen molar-refractivity contribution >= 4 is 34.5 Å². The number of aromatic nitrogens is 4. The van der Waals surface area contributed by atoms with Gasteiger partial charge in [0.25, 0.3) is 0 Å². The number of nitrogens with zero attached hydrogens (tertiary/aromatic N) is 5. The lowest BCUT2D eigenvalue weighted by Crippen LogP contribution is -2.33. The monoisotopic (exact) mass is 444 g/mol. The molecule has 8 nitrogen and oxygen atoms in total. The molecule has 4 heterocycles. The molecule has 1 aliphatic heterocycles.